The van der Waals surface area contributed by atoms with Crippen molar-refractivity contribution in [2.24, 2.45) is 0 Å². The molecule has 1 aliphatic heterocycles. The number of rotatable bonds is 6. The van der Waals surface area contributed by atoms with Gasteiger partial charge in [-0.2, -0.15) is 0 Å². The Morgan fingerprint density at radius 3 is 2.40 bits per heavy atom. The van der Waals surface area contributed by atoms with E-state index < -0.39 is 17.5 Å². The molecule has 0 radical (unpaired) electrons. The number of furan rings is 1. The third kappa shape index (κ3) is 4.52. The molecule has 30 heavy (non-hydrogen) atoms. The van der Waals surface area contributed by atoms with Crippen LogP contribution in [-0.2, 0) is 0 Å². The summed E-state index contributed by atoms with van der Waals surface area (Å²) in [4.78, 5) is 17.0. The second kappa shape index (κ2) is 9.09. The Labute approximate surface area is 173 Å². The number of anilines is 1. The molecule has 156 valence electrons. The van der Waals surface area contributed by atoms with Gasteiger partial charge >= 0.3 is 0 Å². The van der Waals surface area contributed by atoms with Crippen LogP contribution in [0.2, 0.25) is 0 Å². The summed E-state index contributed by atoms with van der Waals surface area (Å²) in [5.41, 5.74) is 1.28. The average molecular weight is 411 g/mol. The standard InChI is InChI=1S/C23H23F2N3O2/c24-19-9-8-17(15-20(19)25)23(29)26-16-21(22-7-4-14-30-22)28-12-10-27(11-13-28)18-5-2-1-3-6-18/h1-9,14-15,21H,10-13,16H2,(H,26,29)/t21-/m0/s1. The van der Waals surface area contributed by atoms with E-state index in [9.17, 15) is 13.6 Å². The number of nitrogens with zero attached hydrogens (tertiary/aromatic N) is 2. The summed E-state index contributed by atoms with van der Waals surface area (Å²) < 4.78 is 32.2. The highest BCUT2D eigenvalue weighted by atomic mass is 19.2. The van der Waals surface area contributed by atoms with Crippen LogP contribution in [0.1, 0.15) is 22.2 Å². The molecule has 2 heterocycles. The van der Waals surface area contributed by atoms with Gasteiger partial charge in [0.2, 0.25) is 0 Å². The molecule has 1 saturated heterocycles. The van der Waals surface area contributed by atoms with Gasteiger partial charge in [0.1, 0.15) is 5.76 Å². The highest BCUT2D eigenvalue weighted by Gasteiger charge is 2.27. The van der Waals surface area contributed by atoms with Crippen LogP contribution in [-0.4, -0.2) is 43.5 Å². The molecule has 4 rings (SSSR count). The number of para-hydroxylation sites is 1. The van der Waals surface area contributed by atoms with Crippen LogP contribution in [0.3, 0.4) is 0 Å². The van der Waals surface area contributed by atoms with Crippen molar-refractivity contribution >= 4 is 11.6 Å². The molecule has 0 saturated carbocycles. The van der Waals surface area contributed by atoms with Gasteiger partial charge in [-0.25, -0.2) is 8.78 Å². The van der Waals surface area contributed by atoms with Gasteiger partial charge in [-0.05, 0) is 42.5 Å². The number of carbonyl (C=O) groups is 1. The molecule has 1 N–H and O–H groups in total. The molecule has 1 atom stereocenters. The lowest BCUT2D eigenvalue weighted by atomic mass is 10.1. The van der Waals surface area contributed by atoms with E-state index in [-0.39, 0.29) is 11.6 Å². The lowest BCUT2D eigenvalue weighted by Crippen LogP contribution is -2.49. The van der Waals surface area contributed by atoms with Crippen molar-refractivity contribution in [1.82, 2.24) is 10.2 Å². The summed E-state index contributed by atoms with van der Waals surface area (Å²) in [6.45, 7) is 3.63. The molecule has 2 aromatic carbocycles. The van der Waals surface area contributed by atoms with Gasteiger partial charge in [-0.1, -0.05) is 18.2 Å². The van der Waals surface area contributed by atoms with Gasteiger partial charge in [-0.3, -0.25) is 9.69 Å². The maximum Gasteiger partial charge on any atom is 0.251 e. The van der Waals surface area contributed by atoms with Crippen molar-refractivity contribution in [3.05, 3.63) is 89.9 Å². The van der Waals surface area contributed by atoms with Crippen LogP contribution >= 0.6 is 0 Å². The maximum absolute atomic E-state index is 13.4. The summed E-state index contributed by atoms with van der Waals surface area (Å²) in [7, 11) is 0. The molecule has 0 unspecified atom stereocenters. The first kappa shape index (κ1) is 20.1. The Kier molecular flexibility index (Phi) is 6.09. The van der Waals surface area contributed by atoms with Crippen molar-refractivity contribution < 1.29 is 18.0 Å². The first-order valence-corrected chi connectivity index (χ1v) is 9.92. The molecular weight excluding hydrogens is 388 g/mol. The number of amides is 1. The Balaban J connectivity index is 1.41. The number of nitrogens with one attached hydrogen (secondary N) is 1. The third-order valence-corrected chi connectivity index (χ3v) is 5.39. The number of carbonyl (C=O) groups excluding carboxylic acids is 1. The summed E-state index contributed by atoms with van der Waals surface area (Å²) in [5.74, 6) is -1.71. The smallest absolute Gasteiger partial charge is 0.251 e. The van der Waals surface area contributed by atoms with Gasteiger partial charge in [-0.15, -0.1) is 0 Å². The summed E-state index contributed by atoms with van der Waals surface area (Å²) in [5, 5.41) is 2.83. The van der Waals surface area contributed by atoms with E-state index in [1.54, 1.807) is 6.26 Å². The second-order valence-corrected chi connectivity index (χ2v) is 7.23. The number of hydrogen-bond acceptors (Lipinski definition) is 4. The fourth-order valence-electron chi connectivity index (χ4n) is 3.75. The second-order valence-electron chi connectivity index (χ2n) is 7.23. The van der Waals surface area contributed by atoms with Crippen LogP contribution in [0.5, 0.6) is 0 Å². The topological polar surface area (TPSA) is 48.7 Å². The van der Waals surface area contributed by atoms with Crippen LogP contribution in [0.4, 0.5) is 14.5 Å². The van der Waals surface area contributed by atoms with Crippen LogP contribution in [0.25, 0.3) is 0 Å². The molecule has 0 spiro atoms. The first-order chi connectivity index (χ1) is 14.6. The van der Waals surface area contributed by atoms with E-state index in [2.05, 4.69) is 27.2 Å². The number of halogens is 2. The molecule has 1 amide bonds. The van der Waals surface area contributed by atoms with E-state index in [1.165, 1.54) is 11.8 Å². The van der Waals surface area contributed by atoms with E-state index in [0.29, 0.717) is 6.54 Å². The lowest BCUT2D eigenvalue weighted by molar-refractivity contribution is 0.0922. The van der Waals surface area contributed by atoms with Crippen molar-refractivity contribution in [1.29, 1.82) is 0 Å². The van der Waals surface area contributed by atoms with Crippen LogP contribution in [0.15, 0.2) is 71.3 Å². The molecule has 1 aliphatic rings. The minimum atomic E-state index is -1.04. The van der Waals surface area contributed by atoms with E-state index in [4.69, 9.17) is 4.42 Å². The minimum Gasteiger partial charge on any atom is -0.468 e. The number of benzene rings is 2. The van der Waals surface area contributed by atoms with E-state index >= 15 is 0 Å². The van der Waals surface area contributed by atoms with Gasteiger partial charge in [0, 0.05) is 44.0 Å². The average Bonchev–Trinajstić information content (AvgIpc) is 3.31. The van der Waals surface area contributed by atoms with Gasteiger partial charge in [0.25, 0.3) is 5.91 Å². The largest absolute Gasteiger partial charge is 0.468 e. The Hall–Kier alpha value is -3.19. The lowest BCUT2D eigenvalue weighted by Gasteiger charge is -2.39. The van der Waals surface area contributed by atoms with Crippen LogP contribution in [0, 0.1) is 11.6 Å². The van der Waals surface area contributed by atoms with E-state index in [1.807, 2.05) is 30.3 Å². The maximum atomic E-state index is 13.4. The fourth-order valence-corrected chi connectivity index (χ4v) is 3.75. The Morgan fingerprint density at radius 1 is 0.967 bits per heavy atom. The molecule has 7 heteroatoms. The number of hydrogen-bond donors (Lipinski definition) is 1. The Bertz CT molecular complexity index is 971. The van der Waals surface area contributed by atoms with Crippen LogP contribution < -0.4 is 10.2 Å². The zero-order chi connectivity index (χ0) is 20.9. The summed E-state index contributed by atoms with van der Waals surface area (Å²) in [6, 6.07) is 17.0. The van der Waals surface area contributed by atoms with Gasteiger partial charge in [0.05, 0.1) is 12.3 Å². The molecule has 3 aromatic rings. The van der Waals surface area contributed by atoms with Gasteiger partial charge in [0.15, 0.2) is 11.6 Å². The zero-order valence-corrected chi connectivity index (χ0v) is 16.4. The zero-order valence-electron chi connectivity index (χ0n) is 16.4. The van der Waals surface area contributed by atoms with Crippen molar-refractivity contribution in [2.75, 3.05) is 37.6 Å². The quantitative estimate of drug-likeness (QED) is 0.669. The first-order valence-electron chi connectivity index (χ1n) is 9.92. The predicted octanol–water partition coefficient (Wildman–Crippen LogP) is 3.85. The van der Waals surface area contributed by atoms with Crippen molar-refractivity contribution in [2.45, 2.75) is 6.04 Å². The monoisotopic (exact) mass is 411 g/mol. The molecular formula is C23H23F2N3O2. The van der Waals surface area contributed by atoms with Crippen molar-refractivity contribution in [3.63, 3.8) is 0 Å². The summed E-state index contributed by atoms with van der Waals surface area (Å²) in [6.07, 6.45) is 1.61. The fraction of sp³-hybridized carbons (Fsp3) is 0.261. The van der Waals surface area contributed by atoms with Gasteiger partial charge < -0.3 is 14.6 Å². The molecule has 1 aromatic heterocycles. The third-order valence-electron chi connectivity index (χ3n) is 5.39. The van der Waals surface area contributed by atoms with Crippen molar-refractivity contribution in [3.8, 4) is 0 Å². The predicted molar refractivity (Wildman–Crippen MR) is 110 cm³/mol. The Morgan fingerprint density at radius 2 is 1.73 bits per heavy atom. The SMILES string of the molecule is O=C(NC[C@@H](c1ccco1)N1CCN(c2ccccc2)CC1)c1ccc(F)c(F)c1. The highest BCUT2D eigenvalue weighted by molar-refractivity contribution is 5.94. The van der Waals surface area contributed by atoms with E-state index in [0.717, 1.165) is 44.1 Å². The molecule has 5 nitrogen and oxygen atoms in total. The normalized spacial score (nSPS) is 15.7. The summed E-state index contributed by atoms with van der Waals surface area (Å²) >= 11 is 0. The number of piperazine rings is 1. The molecule has 1 fully saturated rings. The molecule has 0 bridgehead atoms. The highest BCUT2D eigenvalue weighted by Crippen LogP contribution is 2.24. The minimum absolute atomic E-state index is 0.0843. The molecule has 0 aliphatic carbocycles.